The van der Waals surface area contributed by atoms with Crippen molar-refractivity contribution in [1.29, 1.82) is 5.26 Å². The van der Waals surface area contributed by atoms with Crippen molar-refractivity contribution in [3.63, 3.8) is 0 Å². The second-order valence-electron chi connectivity index (χ2n) is 2.45. The third-order valence-corrected chi connectivity index (χ3v) is 1.34. The molecule has 12 heavy (non-hydrogen) atoms. The van der Waals surface area contributed by atoms with Crippen molar-refractivity contribution < 1.29 is 9.53 Å². The Labute approximate surface area is 72.7 Å². The van der Waals surface area contributed by atoms with Crippen LogP contribution in [0.15, 0.2) is 0 Å². The van der Waals surface area contributed by atoms with Crippen molar-refractivity contribution in [2.45, 2.75) is 13.3 Å². The van der Waals surface area contributed by atoms with E-state index in [1.807, 2.05) is 6.07 Å². The lowest BCUT2D eigenvalue weighted by atomic mass is 10.4. The maximum Gasteiger partial charge on any atom is 0.307 e. The molecule has 0 heterocycles. The average molecular weight is 170 g/mol. The number of nitriles is 1. The molecule has 0 spiro atoms. The molecule has 4 heteroatoms. The van der Waals surface area contributed by atoms with Crippen molar-refractivity contribution in [1.82, 2.24) is 4.90 Å². The molecule has 0 aromatic rings. The lowest BCUT2D eigenvalue weighted by Crippen LogP contribution is -2.22. The van der Waals surface area contributed by atoms with Gasteiger partial charge in [0.25, 0.3) is 0 Å². The van der Waals surface area contributed by atoms with Gasteiger partial charge in [-0.3, -0.25) is 9.69 Å². The molecule has 0 aliphatic heterocycles. The van der Waals surface area contributed by atoms with Gasteiger partial charge in [-0.1, -0.05) is 0 Å². The van der Waals surface area contributed by atoms with E-state index < -0.39 is 0 Å². The van der Waals surface area contributed by atoms with E-state index in [0.717, 1.165) is 0 Å². The van der Waals surface area contributed by atoms with Gasteiger partial charge in [-0.05, 0) is 14.0 Å². The molecule has 0 bridgehead atoms. The smallest absolute Gasteiger partial charge is 0.307 e. The van der Waals surface area contributed by atoms with Crippen LogP contribution in [-0.4, -0.2) is 37.6 Å². The summed E-state index contributed by atoms with van der Waals surface area (Å²) in [6.45, 7) is 3.11. The normalized spacial score (nSPS) is 9.50. The molecule has 0 radical (unpaired) electrons. The molecule has 0 amide bonds. The van der Waals surface area contributed by atoms with Crippen molar-refractivity contribution >= 4 is 5.97 Å². The molecule has 0 saturated heterocycles. The first-order chi connectivity index (χ1) is 5.70. The Kier molecular flexibility index (Phi) is 6.02. The van der Waals surface area contributed by atoms with E-state index in [2.05, 4.69) is 0 Å². The minimum absolute atomic E-state index is 0.206. The Hall–Kier alpha value is -1.08. The molecule has 0 aliphatic rings. The summed E-state index contributed by atoms with van der Waals surface area (Å²) < 4.78 is 4.72. The molecule has 0 saturated carbocycles. The minimum Gasteiger partial charge on any atom is -0.466 e. The zero-order chi connectivity index (χ0) is 9.40. The number of nitrogens with zero attached hydrogens (tertiary/aromatic N) is 2. The third-order valence-electron chi connectivity index (χ3n) is 1.34. The zero-order valence-corrected chi connectivity index (χ0v) is 7.54. The van der Waals surface area contributed by atoms with Crippen LogP contribution in [0, 0.1) is 11.3 Å². The third kappa shape index (κ3) is 5.69. The van der Waals surface area contributed by atoms with Crippen molar-refractivity contribution in [2.24, 2.45) is 0 Å². The van der Waals surface area contributed by atoms with Crippen molar-refractivity contribution in [2.75, 3.05) is 26.7 Å². The molecular weight excluding hydrogens is 156 g/mol. The fourth-order valence-corrected chi connectivity index (χ4v) is 0.715. The van der Waals surface area contributed by atoms with E-state index in [9.17, 15) is 4.79 Å². The molecule has 0 rings (SSSR count). The molecule has 0 unspecified atom stereocenters. The maximum atomic E-state index is 10.8. The van der Waals surface area contributed by atoms with Crippen LogP contribution in [0.4, 0.5) is 0 Å². The van der Waals surface area contributed by atoms with Crippen molar-refractivity contribution in [3.05, 3.63) is 0 Å². The van der Waals surface area contributed by atoms with Gasteiger partial charge in [0, 0.05) is 6.54 Å². The van der Waals surface area contributed by atoms with Gasteiger partial charge in [0.2, 0.25) is 0 Å². The highest BCUT2D eigenvalue weighted by Gasteiger charge is 2.03. The molecule has 4 nitrogen and oxygen atoms in total. The zero-order valence-electron chi connectivity index (χ0n) is 7.54. The molecule has 0 aliphatic carbocycles. The highest BCUT2D eigenvalue weighted by atomic mass is 16.5. The molecule has 0 atom stereocenters. The molecule has 0 aromatic heterocycles. The lowest BCUT2D eigenvalue weighted by molar-refractivity contribution is -0.143. The largest absolute Gasteiger partial charge is 0.466 e. The van der Waals surface area contributed by atoms with E-state index in [1.54, 1.807) is 18.9 Å². The van der Waals surface area contributed by atoms with Crippen LogP contribution >= 0.6 is 0 Å². The average Bonchev–Trinajstić information content (AvgIpc) is 2.02. The topological polar surface area (TPSA) is 53.3 Å². The summed E-state index contributed by atoms with van der Waals surface area (Å²) in [7, 11) is 1.79. The van der Waals surface area contributed by atoms with Gasteiger partial charge in [-0.25, -0.2) is 0 Å². The van der Waals surface area contributed by atoms with Gasteiger partial charge in [0.05, 0.1) is 25.6 Å². The first kappa shape index (κ1) is 10.9. The van der Waals surface area contributed by atoms with E-state index in [-0.39, 0.29) is 5.97 Å². The Balaban J connectivity index is 3.41. The maximum absolute atomic E-state index is 10.8. The first-order valence-electron chi connectivity index (χ1n) is 3.91. The highest BCUT2D eigenvalue weighted by molar-refractivity contribution is 5.69. The van der Waals surface area contributed by atoms with Gasteiger partial charge < -0.3 is 4.74 Å². The Bertz CT molecular complexity index is 174. The second kappa shape index (κ2) is 6.62. The van der Waals surface area contributed by atoms with Crippen molar-refractivity contribution in [3.8, 4) is 6.07 Å². The molecule has 0 N–H and O–H groups in total. The van der Waals surface area contributed by atoms with Crippen LogP contribution in [0.1, 0.15) is 13.3 Å². The van der Waals surface area contributed by atoms with Crippen LogP contribution in [0.5, 0.6) is 0 Å². The standard InChI is InChI=1S/C8H14N2O2/c1-3-12-8(11)4-6-10(2)7-5-9/h3-4,6-7H2,1-2H3. The summed E-state index contributed by atoms with van der Waals surface area (Å²) in [4.78, 5) is 12.6. The quantitative estimate of drug-likeness (QED) is 0.442. The SMILES string of the molecule is CCOC(=O)CCN(C)CC#N. The summed E-state index contributed by atoms with van der Waals surface area (Å²) >= 11 is 0. The summed E-state index contributed by atoms with van der Waals surface area (Å²) in [5.41, 5.74) is 0. The molecule has 68 valence electrons. The monoisotopic (exact) mass is 170 g/mol. The number of carbonyl (C=O) groups is 1. The van der Waals surface area contributed by atoms with Crippen LogP contribution in [0.2, 0.25) is 0 Å². The number of carbonyl (C=O) groups excluding carboxylic acids is 1. The number of ether oxygens (including phenoxy) is 1. The summed E-state index contributed by atoms with van der Waals surface area (Å²) in [5.74, 6) is -0.206. The summed E-state index contributed by atoms with van der Waals surface area (Å²) in [6, 6.07) is 2.00. The van der Waals surface area contributed by atoms with Gasteiger partial charge in [-0.2, -0.15) is 5.26 Å². The number of hydrogen-bond acceptors (Lipinski definition) is 4. The van der Waals surface area contributed by atoms with E-state index in [0.29, 0.717) is 26.1 Å². The van der Waals surface area contributed by atoms with Crippen LogP contribution in [0.25, 0.3) is 0 Å². The van der Waals surface area contributed by atoms with Crippen LogP contribution < -0.4 is 0 Å². The Morgan fingerprint density at radius 3 is 2.83 bits per heavy atom. The van der Waals surface area contributed by atoms with Crippen LogP contribution in [0.3, 0.4) is 0 Å². The van der Waals surface area contributed by atoms with E-state index >= 15 is 0 Å². The number of rotatable bonds is 5. The predicted octanol–water partition coefficient (Wildman–Crippen LogP) is 0.395. The van der Waals surface area contributed by atoms with Gasteiger partial charge in [0.1, 0.15) is 0 Å². The first-order valence-corrected chi connectivity index (χ1v) is 3.91. The lowest BCUT2D eigenvalue weighted by Gasteiger charge is -2.10. The predicted molar refractivity (Wildman–Crippen MR) is 44.4 cm³/mol. The molecule has 0 aromatic carbocycles. The summed E-state index contributed by atoms with van der Waals surface area (Å²) in [6.07, 6.45) is 0.353. The van der Waals surface area contributed by atoms with Gasteiger partial charge in [0.15, 0.2) is 0 Å². The fraction of sp³-hybridized carbons (Fsp3) is 0.750. The van der Waals surface area contributed by atoms with Gasteiger partial charge >= 0.3 is 5.97 Å². The summed E-state index contributed by atoms with van der Waals surface area (Å²) in [5, 5.41) is 8.30. The van der Waals surface area contributed by atoms with Crippen LogP contribution in [-0.2, 0) is 9.53 Å². The van der Waals surface area contributed by atoms with E-state index in [1.165, 1.54) is 0 Å². The second-order valence-corrected chi connectivity index (χ2v) is 2.45. The Morgan fingerprint density at radius 1 is 1.67 bits per heavy atom. The van der Waals surface area contributed by atoms with E-state index in [4.69, 9.17) is 10.00 Å². The number of hydrogen-bond donors (Lipinski definition) is 0. The highest BCUT2D eigenvalue weighted by Crippen LogP contribution is 1.89. The fourth-order valence-electron chi connectivity index (χ4n) is 0.715. The Morgan fingerprint density at radius 2 is 2.33 bits per heavy atom. The minimum atomic E-state index is -0.206. The molecular formula is C8H14N2O2. The van der Waals surface area contributed by atoms with Gasteiger partial charge in [-0.15, -0.1) is 0 Å². The number of esters is 1. The molecule has 0 fully saturated rings.